The maximum Gasteiger partial charge on any atom is 0.248 e. The van der Waals surface area contributed by atoms with Crippen LogP contribution < -0.4 is 5.32 Å². The first-order valence-electron chi connectivity index (χ1n) is 8.62. The highest BCUT2D eigenvalue weighted by Crippen LogP contribution is 2.24. The van der Waals surface area contributed by atoms with E-state index in [4.69, 9.17) is 0 Å². The third kappa shape index (κ3) is 3.77. The van der Waals surface area contributed by atoms with Gasteiger partial charge in [0.05, 0.1) is 0 Å². The van der Waals surface area contributed by atoms with Crippen molar-refractivity contribution in [3.05, 3.63) is 90.7 Å². The minimum atomic E-state index is -0.182. The molecule has 4 rings (SSSR count). The minimum Gasteiger partial charge on any atom is -0.323 e. The Morgan fingerprint density at radius 1 is 1.07 bits per heavy atom. The molecule has 0 saturated carbocycles. The van der Waals surface area contributed by atoms with E-state index in [1.165, 1.54) is 6.08 Å². The number of anilines is 1. The van der Waals surface area contributed by atoms with Crippen molar-refractivity contribution in [2.45, 2.75) is 6.92 Å². The fourth-order valence-corrected chi connectivity index (χ4v) is 2.87. The molecule has 0 fully saturated rings. The lowest BCUT2D eigenvalue weighted by atomic mass is 10.0. The normalized spacial score (nSPS) is 11.1. The standard InChI is InChI=1S/C22H18N4O/c1-16-2-6-19(7-3-16)25-22(27)9-5-17-14-23-11-10-20(17)18-4-8-21-24-12-13-26(21)15-18/h2-15H,1H3,(H,25,27)/b9-5+. The summed E-state index contributed by atoms with van der Waals surface area (Å²) < 4.78 is 1.97. The third-order valence-electron chi connectivity index (χ3n) is 4.29. The second-order valence-corrected chi connectivity index (χ2v) is 6.26. The van der Waals surface area contributed by atoms with Gasteiger partial charge in [-0.05, 0) is 54.5 Å². The van der Waals surface area contributed by atoms with Crippen LogP contribution in [0.25, 0.3) is 22.9 Å². The zero-order chi connectivity index (χ0) is 18.6. The quantitative estimate of drug-likeness (QED) is 0.554. The zero-order valence-electron chi connectivity index (χ0n) is 14.8. The molecule has 1 amide bonds. The highest BCUT2D eigenvalue weighted by Gasteiger charge is 2.05. The van der Waals surface area contributed by atoms with Crippen molar-refractivity contribution >= 4 is 23.3 Å². The van der Waals surface area contributed by atoms with E-state index < -0.39 is 0 Å². The fraction of sp³-hybridized carbons (Fsp3) is 0.0455. The Morgan fingerprint density at radius 2 is 1.93 bits per heavy atom. The number of fused-ring (bicyclic) bond motifs is 1. The van der Waals surface area contributed by atoms with Crippen LogP contribution in [0.4, 0.5) is 5.69 Å². The number of nitrogens with one attached hydrogen (secondary N) is 1. The first kappa shape index (κ1) is 16.7. The molecule has 0 spiro atoms. The number of pyridine rings is 2. The number of amides is 1. The SMILES string of the molecule is Cc1ccc(NC(=O)/C=C/c2cnccc2-c2ccc3nccn3c2)cc1. The summed E-state index contributed by atoms with van der Waals surface area (Å²) >= 11 is 0. The van der Waals surface area contributed by atoms with Crippen LogP contribution in [-0.4, -0.2) is 20.3 Å². The number of benzene rings is 1. The molecule has 0 bridgehead atoms. The number of rotatable bonds is 4. The van der Waals surface area contributed by atoms with Crippen LogP contribution in [0.2, 0.25) is 0 Å². The molecule has 0 aliphatic heterocycles. The fourth-order valence-electron chi connectivity index (χ4n) is 2.87. The summed E-state index contributed by atoms with van der Waals surface area (Å²) in [5.74, 6) is -0.182. The lowest BCUT2D eigenvalue weighted by molar-refractivity contribution is -0.111. The zero-order valence-corrected chi connectivity index (χ0v) is 14.8. The summed E-state index contributed by atoms with van der Waals surface area (Å²) in [5.41, 5.74) is 5.71. The van der Waals surface area contributed by atoms with E-state index in [2.05, 4.69) is 15.3 Å². The van der Waals surface area contributed by atoms with Crippen LogP contribution in [0, 0.1) is 6.92 Å². The molecule has 4 aromatic rings. The number of carbonyl (C=O) groups is 1. The van der Waals surface area contributed by atoms with Gasteiger partial charge in [0.1, 0.15) is 5.65 Å². The average molecular weight is 354 g/mol. The van der Waals surface area contributed by atoms with Crippen molar-refractivity contribution in [1.82, 2.24) is 14.4 Å². The summed E-state index contributed by atoms with van der Waals surface area (Å²) in [6, 6.07) is 13.6. The molecule has 132 valence electrons. The second-order valence-electron chi connectivity index (χ2n) is 6.26. The van der Waals surface area contributed by atoms with Crippen molar-refractivity contribution in [3.8, 4) is 11.1 Å². The van der Waals surface area contributed by atoms with E-state index >= 15 is 0 Å². The van der Waals surface area contributed by atoms with Crippen LogP contribution in [0.3, 0.4) is 0 Å². The number of aryl methyl sites for hydroxylation is 1. The molecule has 5 heteroatoms. The van der Waals surface area contributed by atoms with Crippen molar-refractivity contribution < 1.29 is 4.79 Å². The molecule has 0 radical (unpaired) electrons. The average Bonchev–Trinajstić information content (AvgIpc) is 3.16. The van der Waals surface area contributed by atoms with Gasteiger partial charge < -0.3 is 9.72 Å². The molecule has 3 heterocycles. The van der Waals surface area contributed by atoms with Gasteiger partial charge in [0.25, 0.3) is 0 Å². The highest BCUT2D eigenvalue weighted by molar-refractivity contribution is 6.02. The molecule has 0 atom stereocenters. The molecular formula is C22H18N4O. The summed E-state index contributed by atoms with van der Waals surface area (Å²) in [7, 11) is 0. The number of nitrogens with zero attached hydrogens (tertiary/aromatic N) is 3. The summed E-state index contributed by atoms with van der Waals surface area (Å²) in [6.45, 7) is 2.01. The van der Waals surface area contributed by atoms with Crippen molar-refractivity contribution in [1.29, 1.82) is 0 Å². The largest absolute Gasteiger partial charge is 0.323 e. The Kier molecular flexibility index (Phi) is 4.49. The van der Waals surface area contributed by atoms with Crippen LogP contribution in [-0.2, 0) is 4.79 Å². The van der Waals surface area contributed by atoms with E-state index in [0.29, 0.717) is 0 Å². The van der Waals surface area contributed by atoms with E-state index in [-0.39, 0.29) is 5.91 Å². The van der Waals surface area contributed by atoms with Crippen molar-refractivity contribution in [2.24, 2.45) is 0 Å². The van der Waals surface area contributed by atoms with Gasteiger partial charge in [0, 0.05) is 48.3 Å². The van der Waals surface area contributed by atoms with Gasteiger partial charge in [0.2, 0.25) is 5.91 Å². The molecular weight excluding hydrogens is 336 g/mol. The molecule has 1 N–H and O–H groups in total. The Labute approximate surface area is 157 Å². The Hall–Kier alpha value is -3.73. The first-order valence-corrected chi connectivity index (χ1v) is 8.62. The molecule has 0 unspecified atom stereocenters. The molecule has 0 aliphatic carbocycles. The predicted octanol–water partition coefficient (Wildman–Crippen LogP) is 4.36. The van der Waals surface area contributed by atoms with E-state index in [1.54, 1.807) is 24.7 Å². The van der Waals surface area contributed by atoms with Gasteiger partial charge in [-0.25, -0.2) is 4.98 Å². The molecule has 1 aromatic carbocycles. The van der Waals surface area contributed by atoms with Crippen LogP contribution in [0.15, 0.2) is 79.5 Å². The molecule has 0 saturated heterocycles. The first-order chi connectivity index (χ1) is 13.2. The number of aromatic nitrogens is 3. The maximum atomic E-state index is 12.2. The number of imidazole rings is 1. The van der Waals surface area contributed by atoms with E-state index in [1.807, 2.05) is 66.2 Å². The van der Waals surface area contributed by atoms with Gasteiger partial charge in [0.15, 0.2) is 0 Å². The summed E-state index contributed by atoms with van der Waals surface area (Å²) in [5, 5.41) is 2.86. The van der Waals surface area contributed by atoms with Gasteiger partial charge in [-0.2, -0.15) is 0 Å². The van der Waals surface area contributed by atoms with Crippen LogP contribution >= 0.6 is 0 Å². The highest BCUT2D eigenvalue weighted by atomic mass is 16.1. The Morgan fingerprint density at radius 3 is 2.78 bits per heavy atom. The van der Waals surface area contributed by atoms with Crippen LogP contribution in [0.5, 0.6) is 0 Å². The number of hydrogen-bond donors (Lipinski definition) is 1. The predicted molar refractivity (Wildman–Crippen MR) is 107 cm³/mol. The van der Waals surface area contributed by atoms with E-state index in [9.17, 15) is 4.79 Å². The molecule has 0 aliphatic rings. The lowest BCUT2D eigenvalue weighted by Gasteiger charge is -2.07. The lowest BCUT2D eigenvalue weighted by Crippen LogP contribution is -2.07. The summed E-state index contributed by atoms with van der Waals surface area (Å²) in [6.07, 6.45) is 12.5. The van der Waals surface area contributed by atoms with Crippen molar-refractivity contribution in [2.75, 3.05) is 5.32 Å². The topological polar surface area (TPSA) is 59.3 Å². The van der Waals surface area contributed by atoms with E-state index in [0.717, 1.165) is 33.6 Å². The molecule has 27 heavy (non-hydrogen) atoms. The number of carbonyl (C=O) groups excluding carboxylic acids is 1. The van der Waals surface area contributed by atoms with Crippen molar-refractivity contribution in [3.63, 3.8) is 0 Å². The molecule has 3 aromatic heterocycles. The van der Waals surface area contributed by atoms with Crippen LogP contribution in [0.1, 0.15) is 11.1 Å². The monoisotopic (exact) mass is 354 g/mol. The molecule has 5 nitrogen and oxygen atoms in total. The maximum absolute atomic E-state index is 12.2. The van der Waals surface area contributed by atoms with Gasteiger partial charge in [-0.3, -0.25) is 9.78 Å². The number of hydrogen-bond acceptors (Lipinski definition) is 3. The minimum absolute atomic E-state index is 0.182. The summed E-state index contributed by atoms with van der Waals surface area (Å²) in [4.78, 5) is 20.7. The van der Waals surface area contributed by atoms with Gasteiger partial charge in [-0.15, -0.1) is 0 Å². The third-order valence-corrected chi connectivity index (χ3v) is 4.29. The van der Waals surface area contributed by atoms with Gasteiger partial charge >= 0.3 is 0 Å². The van der Waals surface area contributed by atoms with Gasteiger partial charge in [-0.1, -0.05) is 17.7 Å². The Bertz CT molecular complexity index is 1130. The second kappa shape index (κ2) is 7.25. The smallest absolute Gasteiger partial charge is 0.248 e. The Balaban J connectivity index is 1.57.